The Balaban J connectivity index is 0.00000182. The van der Waals surface area contributed by atoms with E-state index >= 15 is 0 Å². The molecule has 1 aliphatic heterocycles. The third-order valence-corrected chi connectivity index (χ3v) is 5.61. The van der Waals surface area contributed by atoms with Crippen molar-refractivity contribution in [1.82, 2.24) is 20.4 Å². The van der Waals surface area contributed by atoms with Gasteiger partial charge in [0.05, 0.1) is 6.04 Å². The van der Waals surface area contributed by atoms with Crippen molar-refractivity contribution in [1.29, 1.82) is 0 Å². The van der Waals surface area contributed by atoms with E-state index in [1.807, 2.05) is 0 Å². The van der Waals surface area contributed by atoms with Gasteiger partial charge in [-0.3, -0.25) is 4.90 Å². The zero-order valence-electron chi connectivity index (χ0n) is 14.7. The lowest BCUT2D eigenvalue weighted by atomic mass is 9.78. The standard InChI is InChI=1S/C19H26N4O.ClH/c1-23-12-11-20-13-17(23)18-21-19(24-22-18)16-9-7-15(8-10-16)14-5-3-2-4-6-14;/h2-6,15-17,20H,7-13H2,1H3;1H. The highest BCUT2D eigenvalue weighted by molar-refractivity contribution is 5.85. The molecule has 1 saturated heterocycles. The maximum Gasteiger partial charge on any atom is 0.229 e. The maximum atomic E-state index is 5.63. The minimum absolute atomic E-state index is 0. The summed E-state index contributed by atoms with van der Waals surface area (Å²) in [5, 5.41) is 7.69. The number of rotatable bonds is 3. The zero-order chi connectivity index (χ0) is 16.4. The van der Waals surface area contributed by atoms with E-state index in [2.05, 4.69) is 52.8 Å². The number of aromatic nitrogens is 2. The van der Waals surface area contributed by atoms with Gasteiger partial charge in [0.15, 0.2) is 5.82 Å². The SMILES string of the molecule is CN1CCNCC1c1noc(C2CCC(c3ccccc3)CC2)n1.Cl. The molecule has 4 rings (SSSR count). The van der Waals surface area contributed by atoms with Crippen LogP contribution in [0.4, 0.5) is 0 Å². The molecule has 1 aromatic heterocycles. The molecule has 1 saturated carbocycles. The molecule has 6 heteroatoms. The Kier molecular flexibility index (Phi) is 6.10. The van der Waals surface area contributed by atoms with Gasteiger partial charge in [-0.25, -0.2) is 0 Å². The summed E-state index contributed by atoms with van der Waals surface area (Å²) in [6.45, 7) is 2.95. The minimum atomic E-state index is 0. The van der Waals surface area contributed by atoms with Crippen LogP contribution in [-0.4, -0.2) is 41.7 Å². The normalized spacial score (nSPS) is 27.6. The molecule has 0 radical (unpaired) electrons. The summed E-state index contributed by atoms with van der Waals surface area (Å²) in [4.78, 5) is 7.05. The van der Waals surface area contributed by atoms with Crippen LogP contribution in [0.25, 0.3) is 0 Å². The fraction of sp³-hybridized carbons (Fsp3) is 0.579. The average molecular weight is 363 g/mol. The van der Waals surface area contributed by atoms with Crippen LogP contribution >= 0.6 is 12.4 Å². The van der Waals surface area contributed by atoms with Crippen molar-refractivity contribution in [3.63, 3.8) is 0 Å². The fourth-order valence-electron chi connectivity index (χ4n) is 4.04. The second-order valence-electron chi connectivity index (χ2n) is 7.15. The molecule has 1 aliphatic carbocycles. The fourth-order valence-corrected chi connectivity index (χ4v) is 4.04. The highest BCUT2D eigenvalue weighted by Crippen LogP contribution is 2.40. The van der Waals surface area contributed by atoms with Crippen LogP contribution in [0.5, 0.6) is 0 Å². The predicted molar refractivity (Wildman–Crippen MR) is 100 cm³/mol. The molecule has 0 spiro atoms. The Morgan fingerprint density at radius 1 is 1.08 bits per heavy atom. The molecule has 2 aromatic rings. The molecule has 5 nitrogen and oxygen atoms in total. The molecule has 1 aromatic carbocycles. The maximum absolute atomic E-state index is 5.63. The molecule has 136 valence electrons. The number of halogens is 1. The Labute approximate surface area is 155 Å². The first-order chi connectivity index (χ1) is 11.8. The van der Waals surface area contributed by atoms with Crippen molar-refractivity contribution in [2.45, 2.75) is 43.6 Å². The Morgan fingerprint density at radius 2 is 1.80 bits per heavy atom. The van der Waals surface area contributed by atoms with Gasteiger partial charge in [-0.1, -0.05) is 35.5 Å². The predicted octanol–water partition coefficient (Wildman–Crippen LogP) is 3.51. The summed E-state index contributed by atoms with van der Waals surface area (Å²) in [7, 11) is 2.13. The number of nitrogens with one attached hydrogen (secondary N) is 1. The third kappa shape index (κ3) is 4.05. The van der Waals surface area contributed by atoms with Crippen LogP contribution in [0, 0.1) is 0 Å². The van der Waals surface area contributed by atoms with Crippen molar-refractivity contribution < 1.29 is 4.52 Å². The number of piperazine rings is 1. The van der Waals surface area contributed by atoms with E-state index in [1.54, 1.807) is 0 Å². The molecule has 2 fully saturated rings. The van der Waals surface area contributed by atoms with Crippen molar-refractivity contribution in [2.75, 3.05) is 26.7 Å². The van der Waals surface area contributed by atoms with E-state index in [0.717, 1.165) is 44.2 Å². The monoisotopic (exact) mass is 362 g/mol. The zero-order valence-corrected chi connectivity index (χ0v) is 15.5. The molecule has 2 heterocycles. The second-order valence-corrected chi connectivity index (χ2v) is 7.15. The minimum Gasteiger partial charge on any atom is -0.339 e. The largest absolute Gasteiger partial charge is 0.339 e. The molecule has 25 heavy (non-hydrogen) atoms. The number of benzene rings is 1. The Bertz CT molecular complexity index is 654. The summed E-state index contributed by atoms with van der Waals surface area (Å²) < 4.78 is 5.63. The van der Waals surface area contributed by atoms with Crippen LogP contribution < -0.4 is 5.32 Å². The number of likely N-dealkylation sites (N-methyl/N-ethyl adjacent to an activating group) is 1. The smallest absolute Gasteiger partial charge is 0.229 e. The van der Waals surface area contributed by atoms with Crippen LogP contribution in [0.3, 0.4) is 0 Å². The molecular formula is C19H27ClN4O. The van der Waals surface area contributed by atoms with Gasteiger partial charge in [0.2, 0.25) is 5.89 Å². The second kappa shape index (κ2) is 8.30. The average Bonchev–Trinajstić information content (AvgIpc) is 3.13. The van der Waals surface area contributed by atoms with Crippen LogP contribution in [-0.2, 0) is 0 Å². The number of hydrogen-bond donors (Lipinski definition) is 1. The molecule has 1 atom stereocenters. The molecular weight excluding hydrogens is 336 g/mol. The van der Waals surface area contributed by atoms with Gasteiger partial charge in [0.25, 0.3) is 0 Å². The van der Waals surface area contributed by atoms with E-state index < -0.39 is 0 Å². The first-order valence-corrected chi connectivity index (χ1v) is 9.10. The lowest BCUT2D eigenvalue weighted by molar-refractivity contribution is 0.190. The lowest BCUT2D eigenvalue weighted by Gasteiger charge is -2.30. The van der Waals surface area contributed by atoms with Crippen molar-refractivity contribution in [3.05, 3.63) is 47.6 Å². The first-order valence-electron chi connectivity index (χ1n) is 9.10. The van der Waals surface area contributed by atoms with Gasteiger partial charge in [0.1, 0.15) is 0 Å². The van der Waals surface area contributed by atoms with E-state index in [1.165, 1.54) is 18.4 Å². The number of hydrogen-bond acceptors (Lipinski definition) is 5. The van der Waals surface area contributed by atoms with Gasteiger partial charge in [-0.15, -0.1) is 12.4 Å². The van der Waals surface area contributed by atoms with Crippen molar-refractivity contribution in [3.8, 4) is 0 Å². The molecule has 2 aliphatic rings. The van der Waals surface area contributed by atoms with Gasteiger partial charge >= 0.3 is 0 Å². The summed E-state index contributed by atoms with van der Waals surface area (Å²) in [5.41, 5.74) is 1.47. The quantitative estimate of drug-likeness (QED) is 0.905. The van der Waals surface area contributed by atoms with Crippen molar-refractivity contribution in [2.24, 2.45) is 0 Å². The molecule has 1 N–H and O–H groups in total. The summed E-state index contributed by atoms with van der Waals surface area (Å²) >= 11 is 0. The highest BCUT2D eigenvalue weighted by atomic mass is 35.5. The summed E-state index contributed by atoms with van der Waals surface area (Å²) in [6, 6.07) is 11.1. The van der Waals surface area contributed by atoms with Crippen LogP contribution in [0.2, 0.25) is 0 Å². The Morgan fingerprint density at radius 3 is 2.52 bits per heavy atom. The van der Waals surface area contributed by atoms with E-state index in [9.17, 15) is 0 Å². The summed E-state index contributed by atoms with van der Waals surface area (Å²) in [6.07, 6.45) is 4.69. The van der Waals surface area contributed by atoms with E-state index in [0.29, 0.717) is 11.8 Å². The Hall–Kier alpha value is -1.43. The van der Waals surface area contributed by atoms with Crippen LogP contribution in [0.1, 0.15) is 60.8 Å². The number of nitrogens with zero attached hydrogens (tertiary/aromatic N) is 3. The van der Waals surface area contributed by atoms with Gasteiger partial charge in [-0.2, -0.15) is 4.98 Å². The topological polar surface area (TPSA) is 54.2 Å². The van der Waals surface area contributed by atoms with Gasteiger partial charge in [0, 0.05) is 25.6 Å². The third-order valence-electron chi connectivity index (χ3n) is 5.61. The van der Waals surface area contributed by atoms with Gasteiger partial charge in [-0.05, 0) is 44.2 Å². The summed E-state index contributed by atoms with van der Waals surface area (Å²) in [5.74, 6) is 2.78. The molecule has 0 amide bonds. The first kappa shape index (κ1) is 18.4. The molecule has 1 unspecified atom stereocenters. The van der Waals surface area contributed by atoms with E-state index in [-0.39, 0.29) is 18.4 Å². The molecule has 0 bridgehead atoms. The highest BCUT2D eigenvalue weighted by Gasteiger charge is 2.30. The van der Waals surface area contributed by atoms with Gasteiger partial charge < -0.3 is 9.84 Å². The van der Waals surface area contributed by atoms with E-state index in [4.69, 9.17) is 9.51 Å². The van der Waals surface area contributed by atoms with Crippen LogP contribution in [0.15, 0.2) is 34.9 Å². The lowest BCUT2D eigenvalue weighted by Crippen LogP contribution is -2.44. The van der Waals surface area contributed by atoms with Crippen molar-refractivity contribution >= 4 is 12.4 Å².